The fourth-order valence-electron chi connectivity index (χ4n) is 2.03. The third-order valence-electron chi connectivity index (χ3n) is 2.72. The van der Waals surface area contributed by atoms with Crippen molar-refractivity contribution in [2.75, 3.05) is 0 Å². The van der Waals surface area contributed by atoms with Gasteiger partial charge in [-0.25, -0.2) is 9.18 Å². The monoisotopic (exact) mass is 277 g/mol. The molecule has 0 saturated heterocycles. The molecule has 0 unspecified atom stereocenters. The number of ether oxygens (including phenoxy) is 1. The number of halogens is 1. The first kappa shape index (κ1) is 14.2. The van der Waals surface area contributed by atoms with E-state index in [-0.39, 0.29) is 11.1 Å². The molecule has 2 aromatic rings. The Balaban J connectivity index is 2.69. The maximum absolute atomic E-state index is 14.4. The molecular weight excluding hydrogens is 261 g/mol. The van der Waals surface area contributed by atoms with Gasteiger partial charge in [0.05, 0.1) is 5.52 Å². The maximum Gasteiger partial charge on any atom is 0.359 e. The van der Waals surface area contributed by atoms with Crippen LogP contribution in [0.1, 0.15) is 43.0 Å². The summed E-state index contributed by atoms with van der Waals surface area (Å²) in [6, 6.07) is 6.44. The van der Waals surface area contributed by atoms with E-state index in [1.165, 1.54) is 13.0 Å². The lowest BCUT2D eigenvalue weighted by molar-refractivity contribution is 0.00526. The number of rotatable bonds is 1. The SMILES string of the molecule is CC(=O)n1c(C(=O)OC(C)(C)C)c(F)c2ccccc21. The molecule has 0 radical (unpaired) electrons. The molecule has 1 aromatic carbocycles. The Bertz CT molecular complexity index is 695. The smallest absolute Gasteiger partial charge is 0.359 e. The minimum atomic E-state index is -0.846. The molecule has 5 heteroatoms. The number of esters is 1. The zero-order valence-corrected chi connectivity index (χ0v) is 11.9. The van der Waals surface area contributed by atoms with Gasteiger partial charge in [0.15, 0.2) is 11.5 Å². The second-order valence-corrected chi connectivity index (χ2v) is 5.54. The molecule has 0 amide bonds. The first-order valence-electron chi connectivity index (χ1n) is 6.25. The molecule has 1 heterocycles. The van der Waals surface area contributed by atoms with E-state index in [0.717, 1.165) is 4.57 Å². The molecule has 0 aliphatic rings. The summed E-state index contributed by atoms with van der Waals surface area (Å²) in [6.45, 7) is 6.33. The van der Waals surface area contributed by atoms with Crippen LogP contribution < -0.4 is 0 Å². The standard InChI is InChI=1S/C15H16FNO3/c1-9(18)17-11-8-6-5-7-10(11)12(16)13(17)14(19)20-15(2,3)4/h5-8H,1-4H3. The predicted octanol–water partition coefficient (Wildman–Crippen LogP) is 3.40. The van der Waals surface area contributed by atoms with Crippen molar-refractivity contribution in [2.24, 2.45) is 0 Å². The summed E-state index contributed by atoms with van der Waals surface area (Å²) in [5.74, 6) is -2.02. The van der Waals surface area contributed by atoms with E-state index >= 15 is 0 Å². The van der Waals surface area contributed by atoms with Gasteiger partial charge in [-0.2, -0.15) is 0 Å². The summed E-state index contributed by atoms with van der Waals surface area (Å²) in [5, 5.41) is 0.226. The number of benzene rings is 1. The molecule has 0 aliphatic heterocycles. The minimum Gasteiger partial charge on any atom is -0.455 e. The second kappa shape index (κ2) is 4.74. The number of carbonyl (C=O) groups is 2. The van der Waals surface area contributed by atoms with Crippen molar-refractivity contribution in [3.8, 4) is 0 Å². The fraction of sp³-hybridized carbons (Fsp3) is 0.333. The molecule has 0 saturated carbocycles. The van der Waals surface area contributed by atoms with Crippen LogP contribution in [0.2, 0.25) is 0 Å². The van der Waals surface area contributed by atoms with Crippen LogP contribution >= 0.6 is 0 Å². The van der Waals surface area contributed by atoms with Crippen molar-refractivity contribution < 1.29 is 18.7 Å². The molecule has 0 fully saturated rings. The average Bonchev–Trinajstić information content (AvgIpc) is 2.61. The number of carbonyl (C=O) groups excluding carboxylic acids is 2. The molecule has 1 aromatic heterocycles. The van der Waals surface area contributed by atoms with Crippen molar-refractivity contribution in [3.63, 3.8) is 0 Å². The summed E-state index contributed by atoms with van der Waals surface area (Å²) < 4.78 is 20.6. The van der Waals surface area contributed by atoms with Crippen LogP contribution in [-0.4, -0.2) is 22.0 Å². The number of para-hydroxylation sites is 1. The van der Waals surface area contributed by atoms with Gasteiger partial charge in [-0.3, -0.25) is 9.36 Å². The van der Waals surface area contributed by atoms with Gasteiger partial charge in [-0.15, -0.1) is 0 Å². The third-order valence-corrected chi connectivity index (χ3v) is 2.72. The van der Waals surface area contributed by atoms with E-state index in [4.69, 9.17) is 4.74 Å². The molecule has 0 spiro atoms. The van der Waals surface area contributed by atoms with Crippen LogP contribution in [-0.2, 0) is 4.74 Å². The number of hydrogen-bond acceptors (Lipinski definition) is 3. The van der Waals surface area contributed by atoms with E-state index in [9.17, 15) is 14.0 Å². The Morgan fingerprint density at radius 1 is 1.20 bits per heavy atom. The van der Waals surface area contributed by atoms with Gasteiger partial charge in [-0.1, -0.05) is 12.1 Å². The van der Waals surface area contributed by atoms with Gasteiger partial charge in [0.25, 0.3) is 0 Å². The van der Waals surface area contributed by atoms with Crippen molar-refractivity contribution in [2.45, 2.75) is 33.3 Å². The van der Waals surface area contributed by atoms with Crippen molar-refractivity contribution in [1.82, 2.24) is 4.57 Å². The third kappa shape index (κ3) is 2.43. The number of hydrogen-bond donors (Lipinski definition) is 0. The fourth-order valence-corrected chi connectivity index (χ4v) is 2.03. The molecule has 20 heavy (non-hydrogen) atoms. The number of aromatic nitrogens is 1. The number of fused-ring (bicyclic) bond motifs is 1. The highest BCUT2D eigenvalue weighted by atomic mass is 19.1. The van der Waals surface area contributed by atoms with E-state index in [1.807, 2.05) is 0 Å². The topological polar surface area (TPSA) is 48.3 Å². The molecule has 0 atom stereocenters. The molecule has 0 N–H and O–H groups in total. The normalized spacial score (nSPS) is 11.7. The lowest BCUT2D eigenvalue weighted by atomic mass is 10.2. The Morgan fingerprint density at radius 2 is 1.80 bits per heavy atom. The van der Waals surface area contributed by atoms with E-state index < -0.39 is 23.3 Å². The highest BCUT2D eigenvalue weighted by Gasteiger charge is 2.28. The second-order valence-electron chi connectivity index (χ2n) is 5.54. The van der Waals surface area contributed by atoms with Gasteiger partial charge in [0.1, 0.15) is 5.60 Å². The largest absolute Gasteiger partial charge is 0.455 e. The van der Waals surface area contributed by atoms with Gasteiger partial charge in [0.2, 0.25) is 5.91 Å². The lowest BCUT2D eigenvalue weighted by Crippen LogP contribution is -2.27. The lowest BCUT2D eigenvalue weighted by Gasteiger charge is -2.19. The summed E-state index contributed by atoms with van der Waals surface area (Å²) in [5.41, 5.74) is -0.756. The van der Waals surface area contributed by atoms with E-state index in [1.54, 1.807) is 39.0 Å². The van der Waals surface area contributed by atoms with Crippen molar-refractivity contribution in [3.05, 3.63) is 35.8 Å². The predicted molar refractivity (Wildman–Crippen MR) is 73.4 cm³/mol. The molecule has 4 nitrogen and oxygen atoms in total. The van der Waals surface area contributed by atoms with Gasteiger partial charge < -0.3 is 4.74 Å². The van der Waals surface area contributed by atoms with Crippen LogP contribution in [0.5, 0.6) is 0 Å². The van der Waals surface area contributed by atoms with Crippen LogP contribution in [0.4, 0.5) is 4.39 Å². The van der Waals surface area contributed by atoms with E-state index in [2.05, 4.69) is 0 Å². The summed E-state index contributed by atoms with van der Waals surface area (Å²) in [7, 11) is 0. The zero-order valence-electron chi connectivity index (χ0n) is 11.9. The first-order valence-corrected chi connectivity index (χ1v) is 6.25. The molecule has 2 rings (SSSR count). The van der Waals surface area contributed by atoms with Crippen LogP contribution in [0.3, 0.4) is 0 Å². The Kier molecular flexibility index (Phi) is 3.38. The van der Waals surface area contributed by atoms with Crippen LogP contribution in [0, 0.1) is 5.82 Å². The molecule has 0 bridgehead atoms. The van der Waals surface area contributed by atoms with Gasteiger partial charge >= 0.3 is 5.97 Å². The quantitative estimate of drug-likeness (QED) is 0.751. The summed E-state index contributed by atoms with van der Waals surface area (Å²) in [6.07, 6.45) is 0. The molecule has 106 valence electrons. The molecular formula is C15H16FNO3. The zero-order chi connectivity index (χ0) is 15.1. The summed E-state index contributed by atoms with van der Waals surface area (Å²) in [4.78, 5) is 23.9. The van der Waals surface area contributed by atoms with Crippen LogP contribution in [0.25, 0.3) is 10.9 Å². The van der Waals surface area contributed by atoms with Gasteiger partial charge in [0, 0.05) is 12.3 Å². The van der Waals surface area contributed by atoms with Gasteiger partial charge in [-0.05, 0) is 32.9 Å². The average molecular weight is 277 g/mol. The highest BCUT2D eigenvalue weighted by molar-refractivity contribution is 6.03. The summed E-state index contributed by atoms with van der Waals surface area (Å²) >= 11 is 0. The van der Waals surface area contributed by atoms with E-state index in [0.29, 0.717) is 5.52 Å². The minimum absolute atomic E-state index is 0.226. The van der Waals surface area contributed by atoms with Crippen molar-refractivity contribution >= 4 is 22.8 Å². The Labute approximate surface area is 116 Å². The number of nitrogens with zero attached hydrogens (tertiary/aromatic N) is 1. The maximum atomic E-state index is 14.4. The van der Waals surface area contributed by atoms with Crippen LogP contribution in [0.15, 0.2) is 24.3 Å². The molecule has 0 aliphatic carbocycles. The highest BCUT2D eigenvalue weighted by Crippen LogP contribution is 2.26. The first-order chi connectivity index (χ1) is 9.22. The Morgan fingerprint density at radius 3 is 2.35 bits per heavy atom. The Hall–Kier alpha value is -2.17. The van der Waals surface area contributed by atoms with Crippen molar-refractivity contribution in [1.29, 1.82) is 0 Å².